The van der Waals surface area contributed by atoms with Crippen LogP contribution in [0.1, 0.15) is 52.6 Å². The van der Waals surface area contributed by atoms with E-state index in [4.69, 9.17) is 4.74 Å². The second-order valence-electron chi connectivity index (χ2n) is 9.40. The molecule has 0 radical (unpaired) electrons. The Kier molecular flexibility index (Phi) is 6.99. The van der Waals surface area contributed by atoms with Crippen LogP contribution >= 0.6 is 0 Å². The maximum atomic E-state index is 13.4. The van der Waals surface area contributed by atoms with Gasteiger partial charge in [-0.2, -0.15) is 0 Å². The molecule has 0 saturated carbocycles. The summed E-state index contributed by atoms with van der Waals surface area (Å²) in [5.41, 5.74) is 1.14. The highest BCUT2D eigenvalue weighted by Crippen LogP contribution is 2.32. The molecule has 37 heavy (non-hydrogen) atoms. The standard InChI is InChI=1S/C26H26N4O6S/c1-26(2,3)36-24(32)19-8-6-17(7-9-19)16-30-25(33)29-21-11-10-20(13-22(21)37(30,34)35)23(31)28-15-18-5-4-12-27-14-18/h4-14H,15-16H2,1-3H3,(H,28,31)(H,29,33). The van der Waals surface area contributed by atoms with Crippen molar-refractivity contribution in [1.82, 2.24) is 14.6 Å². The number of sulfonamides is 1. The molecule has 0 atom stereocenters. The lowest BCUT2D eigenvalue weighted by molar-refractivity contribution is 0.00693. The lowest BCUT2D eigenvalue weighted by Crippen LogP contribution is -2.43. The summed E-state index contributed by atoms with van der Waals surface area (Å²) in [5.74, 6) is -0.978. The average Bonchev–Trinajstić information content (AvgIpc) is 2.85. The lowest BCUT2D eigenvalue weighted by atomic mass is 10.1. The van der Waals surface area contributed by atoms with Crippen molar-refractivity contribution in [2.45, 2.75) is 44.4 Å². The number of ether oxygens (including phenoxy) is 1. The normalized spacial score (nSPS) is 14.4. The van der Waals surface area contributed by atoms with E-state index in [0.717, 1.165) is 5.56 Å². The Balaban J connectivity index is 1.52. The van der Waals surface area contributed by atoms with Crippen molar-refractivity contribution >= 4 is 33.6 Å². The molecule has 2 N–H and O–H groups in total. The van der Waals surface area contributed by atoms with Gasteiger partial charge in [-0.25, -0.2) is 22.3 Å². The van der Waals surface area contributed by atoms with Crippen molar-refractivity contribution in [2.24, 2.45) is 0 Å². The molecule has 10 nitrogen and oxygen atoms in total. The molecule has 4 rings (SSSR count). The van der Waals surface area contributed by atoms with Gasteiger partial charge in [-0.15, -0.1) is 0 Å². The van der Waals surface area contributed by atoms with Crippen molar-refractivity contribution in [3.8, 4) is 0 Å². The van der Waals surface area contributed by atoms with E-state index in [1.807, 2.05) is 0 Å². The molecule has 1 aliphatic rings. The molecule has 1 aromatic heterocycles. The summed E-state index contributed by atoms with van der Waals surface area (Å²) in [5, 5.41) is 5.28. The van der Waals surface area contributed by atoms with Gasteiger partial charge in [-0.1, -0.05) is 18.2 Å². The van der Waals surface area contributed by atoms with Gasteiger partial charge in [0.15, 0.2) is 0 Å². The molecule has 0 spiro atoms. The number of aromatic nitrogens is 1. The Bertz CT molecular complexity index is 1450. The van der Waals surface area contributed by atoms with E-state index < -0.39 is 33.5 Å². The maximum Gasteiger partial charge on any atom is 0.338 e. The number of fused-ring (bicyclic) bond motifs is 1. The summed E-state index contributed by atoms with van der Waals surface area (Å²) < 4.78 is 32.7. The Morgan fingerprint density at radius 2 is 1.73 bits per heavy atom. The first-order chi connectivity index (χ1) is 17.4. The third-order valence-corrected chi connectivity index (χ3v) is 7.14. The molecule has 0 unspecified atom stereocenters. The molecular formula is C26H26N4O6S. The number of carbonyl (C=O) groups excluding carboxylic acids is 3. The Morgan fingerprint density at radius 3 is 2.38 bits per heavy atom. The number of carbonyl (C=O) groups is 3. The zero-order valence-corrected chi connectivity index (χ0v) is 21.3. The minimum Gasteiger partial charge on any atom is -0.456 e. The number of pyridine rings is 1. The molecule has 192 valence electrons. The molecule has 0 fully saturated rings. The largest absolute Gasteiger partial charge is 0.456 e. The summed E-state index contributed by atoms with van der Waals surface area (Å²) in [4.78, 5) is 41.4. The molecule has 1 aliphatic heterocycles. The van der Waals surface area contributed by atoms with Gasteiger partial charge in [-0.3, -0.25) is 9.78 Å². The van der Waals surface area contributed by atoms with Gasteiger partial charge < -0.3 is 15.4 Å². The number of hydrogen-bond acceptors (Lipinski definition) is 7. The van der Waals surface area contributed by atoms with Crippen molar-refractivity contribution in [3.63, 3.8) is 0 Å². The zero-order valence-electron chi connectivity index (χ0n) is 20.5. The molecule has 3 amide bonds. The van der Waals surface area contributed by atoms with Crippen LogP contribution in [0.5, 0.6) is 0 Å². The van der Waals surface area contributed by atoms with Gasteiger partial charge in [-0.05, 0) is 68.3 Å². The number of esters is 1. The van der Waals surface area contributed by atoms with Crippen molar-refractivity contribution < 1.29 is 27.5 Å². The van der Waals surface area contributed by atoms with E-state index in [1.165, 1.54) is 30.3 Å². The Labute approximate surface area is 214 Å². The number of nitrogens with zero attached hydrogens (tertiary/aromatic N) is 2. The zero-order chi connectivity index (χ0) is 26.8. The lowest BCUT2D eigenvalue weighted by Gasteiger charge is -2.29. The summed E-state index contributed by atoms with van der Waals surface area (Å²) in [6, 6.07) is 12.9. The van der Waals surface area contributed by atoms with Crippen molar-refractivity contribution in [2.75, 3.05) is 5.32 Å². The molecule has 2 heterocycles. The van der Waals surface area contributed by atoms with E-state index >= 15 is 0 Å². The molecule has 2 aromatic carbocycles. The minimum atomic E-state index is -4.26. The topological polar surface area (TPSA) is 135 Å². The second-order valence-corrected chi connectivity index (χ2v) is 11.2. The summed E-state index contributed by atoms with van der Waals surface area (Å²) in [6.07, 6.45) is 3.24. The van der Waals surface area contributed by atoms with Crippen LogP contribution in [0.4, 0.5) is 10.5 Å². The highest BCUT2D eigenvalue weighted by atomic mass is 32.2. The van der Waals surface area contributed by atoms with Crippen LogP contribution in [-0.2, 0) is 27.8 Å². The average molecular weight is 523 g/mol. The Morgan fingerprint density at radius 1 is 1.03 bits per heavy atom. The summed E-state index contributed by atoms with van der Waals surface area (Å²) >= 11 is 0. The first kappa shape index (κ1) is 25.8. The molecular weight excluding hydrogens is 496 g/mol. The van der Waals surface area contributed by atoms with Gasteiger partial charge in [0, 0.05) is 24.5 Å². The predicted octanol–water partition coefficient (Wildman–Crippen LogP) is 3.70. The first-order valence-corrected chi connectivity index (χ1v) is 12.9. The fourth-order valence-corrected chi connectivity index (χ4v) is 5.07. The first-order valence-electron chi connectivity index (χ1n) is 11.4. The molecule has 0 aliphatic carbocycles. The van der Waals surface area contributed by atoms with Crippen LogP contribution < -0.4 is 10.6 Å². The number of hydrogen-bond donors (Lipinski definition) is 2. The van der Waals surface area contributed by atoms with Gasteiger partial charge >= 0.3 is 12.0 Å². The smallest absolute Gasteiger partial charge is 0.338 e. The highest BCUT2D eigenvalue weighted by Gasteiger charge is 2.37. The van der Waals surface area contributed by atoms with Gasteiger partial charge in [0.05, 0.1) is 17.8 Å². The predicted molar refractivity (Wildman–Crippen MR) is 135 cm³/mol. The third kappa shape index (κ3) is 5.95. The van der Waals surface area contributed by atoms with E-state index in [1.54, 1.807) is 57.4 Å². The molecule has 0 saturated heterocycles. The number of benzene rings is 2. The molecule has 0 bridgehead atoms. The van der Waals surface area contributed by atoms with Gasteiger partial charge in [0.2, 0.25) is 0 Å². The Hall–Kier alpha value is -4.25. The van der Waals surface area contributed by atoms with Crippen LogP contribution in [0.2, 0.25) is 0 Å². The van der Waals surface area contributed by atoms with Crippen molar-refractivity contribution in [1.29, 1.82) is 0 Å². The van der Waals surface area contributed by atoms with E-state index in [2.05, 4.69) is 15.6 Å². The molecule has 11 heteroatoms. The fourth-order valence-electron chi connectivity index (χ4n) is 3.58. The fraction of sp³-hybridized carbons (Fsp3) is 0.231. The van der Waals surface area contributed by atoms with Crippen molar-refractivity contribution in [3.05, 3.63) is 89.2 Å². The SMILES string of the molecule is CC(C)(C)OC(=O)c1ccc(CN2C(=O)Nc3ccc(C(=O)NCc4cccnc4)cc3S2(=O)=O)cc1. The van der Waals surface area contributed by atoms with E-state index in [-0.39, 0.29) is 29.2 Å². The number of anilines is 1. The van der Waals surface area contributed by atoms with Crippen LogP contribution in [-0.4, -0.2) is 41.2 Å². The van der Waals surface area contributed by atoms with Crippen LogP contribution in [0.25, 0.3) is 0 Å². The third-order valence-electron chi connectivity index (χ3n) is 5.37. The van der Waals surface area contributed by atoms with Crippen LogP contribution in [0, 0.1) is 0 Å². The second kappa shape index (κ2) is 10.0. The van der Waals surface area contributed by atoms with E-state index in [0.29, 0.717) is 15.4 Å². The van der Waals surface area contributed by atoms with Gasteiger partial charge in [0.25, 0.3) is 15.9 Å². The number of nitrogens with one attached hydrogen (secondary N) is 2. The monoisotopic (exact) mass is 522 g/mol. The quantitative estimate of drug-likeness (QED) is 0.471. The number of amides is 3. The summed E-state index contributed by atoms with van der Waals surface area (Å²) in [7, 11) is -4.26. The number of urea groups is 1. The van der Waals surface area contributed by atoms with Crippen LogP contribution in [0.15, 0.2) is 71.9 Å². The van der Waals surface area contributed by atoms with E-state index in [9.17, 15) is 22.8 Å². The van der Waals surface area contributed by atoms with Crippen LogP contribution in [0.3, 0.4) is 0 Å². The molecule has 3 aromatic rings. The maximum absolute atomic E-state index is 13.4. The highest BCUT2D eigenvalue weighted by molar-refractivity contribution is 7.90. The minimum absolute atomic E-state index is 0.0883. The van der Waals surface area contributed by atoms with Gasteiger partial charge in [0.1, 0.15) is 10.5 Å². The summed E-state index contributed by atoms with van der Waals surface area (Å²) in [6.45, 7) is 5.23. The number of rotatable bonds is 6.